The SMILES string of the molecule is Cc1ccc(C2(C)C=CC=CC2)cc1. The van der Waals surface area contributed by atoms with Crippen LogP contribution in [0.25, 0.3) is 0 Å². The number of allylic oxidation sites excluding steroid dienone is 4. The first kappa shape index (κ1) is 9.26. The van der Waals surface area contributed by atoms with Crippen molar-refractivity contribution in [2.75, 3.05) is 0 Å². The number of hydrogen-bond donors (Lipinski definition) is 0. The molecule has 0 fully saturated rings. The molecular formula is C14H16. The molecule has 0 nitrogen and oxygen atoms in total. The van der Waals surface area contributed by atoms with E-state index in [-0.39, 0.29) is 5.41 Å². The van der Waals surface area contributed by atoms with Gasteiger partial charge < -0.3 is 0 Å². The summed E-state index contributed by atoms with van der Waals surface area (Å²) >= 11 is 0. The summed E-state index contributed by atoms with van der Waals surface area (Å²) in [5.41, 5.74) is 2.93. The summed E-state index contributed by atoms with van der Waals surface area (Å²) in [6.07, 6.45) is 9.89. The van der Waals surface area contributed by atoms with E-state index >= 15 is 0 Å². The summed E-state index contributed by atoms with van der Waals surface area (Å²) in [5.74, 6) is 0. The van der Waals surface area contributed by atoms with Gasteiger partial charge in [0.2, 0.25) is 0 Å². The zero-order chi connectivity index (χ0) is 10.0. The molecule has 0 spiro atoms. The second-order valence-electron chi connectivity index (χ2n) is 4.27. The summed E-state index contributed by atoms with van der Waals surface area (Å²) in [7, 11) is 0. The van der Waals surface area contributed by atoms with Gasteiger partial charge in [-0.1, -0.05) is 61.1 Å². The van der Waals surface area contributed by atoms with Crippen LogP contribution in [-0.4, -0.2) is 0 Å². The molecule has 1 aromatic carbocycles. The number of aryl methyl sites for hydroxylation is 1. The second-order valence-corrected chi connectivity index (χ2v) is 4.27. The van der Waals surface area contributed by atoms with Crippen molar-refractivity contribution in [2.45, 2.75) is 25.7 Å². The van der Waals surface area contributed by atoms with Gasteiger partial charge in [0.25, 0.3) is 0 Å². The molecule has 1 aromatic rings. The highest BCUT2D eigenvalue weighted by molar-refractivity contribution is 5.35. The van der Waals surface area contributed by atoms with Crippen molar-refractivity contribution in [3.63, 3.8) is 0 Å². The molecule has 0 aromatic heterocycles. The van der Waals surface area contributed by atoms with E-state index in [9.17, 15) is 0 Å². The van der Waals surface area contributed by atoms with Crippen molar-refractivity contribution in [3.8, 4) is 0 Å². The molecule has 1 aliphatic carbocycles. The monoisotopic (exact) mass is 184 g/mol. The Bertz CT molecular complexity index is 368. The highest BCUT2D eigenvalue weighted by Gasteiger charge is 2.22. The maximum Gasteiger partial charge on any atom is 0.0141 e. The van der Waals surface area contributed by atoms with E-state index in [0.717, 1.165) is 6.42 Å². The molecule has 0 heterocycles. The van der Waals surface area contributed by atoms with E-state index in [0.29, 0.717) is 0 Å². The molecule has 14 heavy (non-hydrogen) atoms. The third kappa shape index (κ3) is 1.65. The first-order valence-corrected chi connectivity index (χ1v) is 5.12. The molecule has 1 aliphatic rings. The van der Waals surface area contributed by atoms with Crippen molar-refractivity contribution < 1.29 is 0 Å². The third-order valence-corrected chi connectivity index (χ3v) is 2.96. The molecule has 1 unspecified atom stereocenters. The van der Waals surface area contributed by atoms with Crippen LogP contribution in [0.2, 0.25) is 0 Å². The molecule has 0 bridgehead atoms. The molecule has 0 saturated carbocycles. The van der Waals surface area contributed by atoms with E-state index in [2.05, 4.69) is 62.4 Å². The first-order chi connectivity index (χ1) is 6.71. The zero-order valence-electron chi connectivity index (χ0n) is 8.83. The van der Waals surface area contributed by atoms with Crippen LogP contribution >= 0.6 is 0 Å². The van der Waals surface area contributed by atoms with Crippen LogP contribution in [0.15, 0.2) is 48.6 Å². The molecule has 0 N–H and O–H groups in total. The third-order valence-electron chi connectivity index (χ3n) is 2.96. The molecule has 0 amide bonds. The number of hydrogen-bond acceptors (Lipinski definition) is 0. The van der Waals surface area contributed by atoms with Crippen LogP contribution in [0.5, 0.6) is 0 Å². The average Bonchev–Trinajstić information content (AvgIpc) is 2.19. The maximum absolute atomic E-state index is 2.29. The van der Waals surface area contributed by atoms with Crippen LogP contribution in [-0.2, 0) is 5.41 Å². The second kappa shape index (κ2) is 3.45. The van der Waals surface area contributed by atoms with E-state index in [1.54, 1.807) is 0 Å². The first-order valence-electron chi connectivity index (χ1n) is 5.12. The minimum atomic E-state index is 0.197. The van der Waals surface area contributed by atoms with E-state index < -0.39 is 0 Å². The van der Waals surface area contributed by atoms with Gasteiger partial charge in [-0.05, 0) is 18.9 Å². The fourth-order valence-corrected chi connectivity index (χ4v) is 1.88. The standard InChI is InChI=1S/C14H16/c1-12-6-8-13(9-7-12)14(2)10-4-3-5-11-14/h3-10H,11H2,1-2H3. The molecule has 0 heteroatoms. The van der Waals surface area contributed by atoms with Gasteiger partial charge in [-0.2, -0.15) is 0 Å². The minimum Gasteiger partial charge on any atom is -0.0834 e. The minimum absolute atomic E-state index is 0.197. The maximum atomic E-state index is 2.29. The Morgan fingerprint density at radius 3 is 2.36 bits per heavy atom. The zero-order valence-corrected chi connectivity index (χ0v) is 8.83. The highest BCUT2D eigenvalue weighted by atomic mass is 14.3. The van der Waals surface area contributed by atoms with E-state index in [1.165, 1.54) is 11.1 Å². The molecule has 2 rings (SSSR count). The Morgan fingerprint density at radius 1 is 1.07 bits per heavy atom. The lowest BCUT2D eigenvalue weighted by Gasteiger charge is -2.27. The molecule has 0 aliphatic heterocycles. The highest BCUT2D eigenvalue weighted by Crippen LogP contribution is 2.31. The fourth-order valence-electron chi connectivity index (χ4n) is 1.88. The Labute approximate surface area is 86.0 Å². The van der Waals surface area contributed by atoms with Gasteiger partial charge in [-0.15, -0.1) is 0 Å². The van der Waals surface area contributed by atoms with Crippen LogP contribution < -0.4 is 0 Å². The van der Waals surface area contributed by atoms with Gasteiger partial charge in [0.15, 0.2) is 0 Å². The van der Waals surface area contributed by atoms with E-state index in [4.69, 9.17) is 0 Å². The van der Waals surface area contributed by atoms with Crippen molar-refractivity contribution in [1.29, 1.82) is 0 Å². The van der Waals surface area contributed by atoms with Gasteiger partial charge in [-0.3, -0.25) is 0 Å². The normalized spacial score (nSPS) is 25.3. The van der Waals surface area contributed by atoms with Crippen LogP contribution in [0.4, 0.5) is 0 Å². The summed E-state index contributed by atoms with van der Waals surface area (Å²) in [6.45, 7) is 4.42. The molecule has 0 radical (unpaired) electrons. The van der Waals surface area contributed by atoms with Gasteiger partial charge >= 0.3 is 0 Å². The summed E-state index contributed by atoms with van der Waals surface area (Å²) in [4.78, 5) is 0. The van der Waals surface area contributed by atoms with Gasteiger partial charge in [0, 0.05) is 5.41 Å². The van der Waals surface area contributed by atoms with Crippen molar-refractivity contribution in [1.82, 2.24) is 0 Å². The average molecular weight is 184 g/mol. The Hall–Kier alpha value is -1.30. The van der Waals surface area contributed by atoms with Crippen molar-refractivity contribution >= 4 is 0 Å². The molecule has 72 valence electrons. The van der Waals surface area contributed by atoms with E-state index in [1.807, 2.05) is 0 Å². The quantitative estimate of drug-likeness (QED) is 0.623. The van der Waals surface area contributed by atoms with Crippen molar-refractivity contribution in [2.24, 2.45) is 0 Å². The lowest BCUT2D eigenvalue weighted by Crippen LogP contribution is -2.19. The summed E-state index contributed by atoms with van der Waals surface area (Å²) in [6, 6.07) is 8.84. The Kier molecular flexibility index (Phi) is 2.28. The summed E-state index contributed by atoms with van der Waals surface area (Å²) < 4.78 is 0. The van der Waals surface area contributed by atoms with Crippen LogP contribution in [0.1, 0.15) is 24.5 Å². The van der Waals surface area contributed by atoms with Gasteiger partial charge in [-0.25, -0.2) is 0 Å². The molecule has 0 saturated heterocycles. The predicted octanol–water partition coefficient (Wildman–Crippen LogP) is 3.77. The lowest BCUT2D eigenvalue weighted by molar-refractivity contribution is 0.599. The largest absolute Gasteiger partial charge is 0.0834 e. The van der Waals surface area contributed by atoms with Crippen LogP contribution in [0.3, 0.4) is 0 Å². The topological polar surface area (TPSA) is 0 Å². The number of benzene rings is 1. The summed E-state index contributed by atoms with van der Waals surface area (Å²) in [5, 5.41) is 0. The molecule has 1 atom stereocenters. The van der Waals surface area contributed by atoms with Crippen molar-refractivity contribution in [3.05, 3.63) is 59.7 Å². The lowest BCUT2D eigenvalue weighted by atomic mass is 9.77. The smallest absolute Gasteiger partial charge is 0.0141 e. The Morgan fingerprint density at radius 2 is 1.79 bits per heavy atom. The number of rotatable bonds is 1. The molecular weight excluding hydrogens is 168 g/mol. The van der Waals surface area contributed by atoms with Gasteiger partial charge in [0.1, 0.15) is 0 Å². The van der Waals surface area contributed by atoms with Gasteiger partial charge in [0.05, 0.1) is 0 Å². The van der Waals surface area contributed by atoms with Crippen LogP contribution in [0, 0.1) is 6.92 Å². The Balaban J connectivity index is 2.34. The fraction of sp³-hybridized carbons (Fsp3) is 0.286. The predicted molar refractivity (Wildman–Crippen MR) is 61.4 cm³/mol.